The Hall–Kier alpha value is -2.14. The molecule has 1 aliphatic rings. The molecule has 104 valence electrons. The monoisotopic (exact) mass is 270 g/mol. The van der Waals surface area contributed by atoms with Crippen molar-refractivity contribution in [2.75, 3.05) is 11.9 Å². The summed E-state index contributed by atoms with van der Waals surface area (Å²) in [5.74, 6) is 0.547. The Labute approximate surface area is 117 Å². The maximum Gasteiger partial charge on any atom is 0.256 e. The van der Waals surface area contributed by atoms with Gasteiger partial charge < -0.3 is 10.6 Å². The van der Waals surface area contributed by atoms with Gasteiger partial charge in [-0.2, -0.15) is 5.10 Å². The molecule has 0 aliphatic carbocycles. The molecule has 0 spiro atoms. The van der Waals surface area contributed by atoms with E-state index in [0.29, 0.717) is 11.4 Å². The number of hydrogen-bond acceptors (Lipinski definition) is 3. The molecule has 3 rings (SSSR count). The predicted octanol–water partition coefficient (Wildman–Crippen LogP) is 1.92. The third-order valence-corrected chi connectivity index (χ3v) is 3.81. The van der Waals surface area contributed by atoms with E-state index in [1.54, 1.807) is 0 Å². The molecule has 2 heterocycles. The Kier molecular flexibility index (Phi) is 3.28. The van der Waals surface area contributed by atoms with Crippen LogP contribution in [0.5, 0.6) is 0 Å². The summed E-state index contributed by atoms with van der Waals surface area (Å²) in [7, 11) is 0. The minimum Gasteiger partial charge on any atom is -0.311 e. The zero-order valence-electron chi connectivity index (χ0n) is 11.7. The molecule has 0 unspecified atom stereocenters. The van der Waals surface area contributed by atoms with Crippen LogP contribution in [-0.2, 0) is 13.0 Å². The summed E-state index contributed by atoms with van der Waals surface area (Å²) in [6, 6.07) is 5.72. The largest absolute Gasteiger partial charge is 0.311 e. The highest BCUT2D eigenvalue weighted by Gasteiger charge is 2.18. The van der Waals surface area contributed by atoms with Crippen LogP contribution in [0.2, 0.25) is 0 Å². The van der Waals surface area contributed by atoms with Crippen molar-refractivity contribution >= 4 is 11.7 Å². The van der Waals surface area contributed by atoms with E-state index in [1.165, 1.54) is 5.56 Å². The van der Waals surface area contributed by atoms with Crippen LogP contribution in [0.1, 0.15) is 32.7 Å². The number of benzene rings is 1. The number of aryl methyl sites for hydroxylation is 2. The first kappa shape index (κ1) is 12.9. The van der Waals surface area contributed by atoms with Crippen molar-refractivity contribution in [3.05, 3.63) is 46.1 Å². The molecule has 1 aromatic heterocycles. The summed E-state index contributed by atoms with van der Waals surface area (Å²) in [6.45, 7) is 5.74. The van der Waals surface area contributed by atoms with Gasteiger partial charge >= 0.3 is 0 Å². The molecule has 3 N–H and O–H groups in total. The number of rotatable bonds is 2. The van der Waals surface area contributed by atoms with Gasteiger partial charge in [-0.25, -0.2) is 0 Å². The van der Waals surface area contributed by atoms with Crippen LogP contribution in [0.15, 0.2) is 18.2 Å². The fourth-order valence-corrected chi connectivity index (χ4v) is 2.41. The molecule has 2 aromatic rings. The number of H-pyrrole nitrogens is 1. The zero-order chi connectivity index (χ0) is 14.1. The standard InChI is InChI=1S/C15H18N4O/c1-9-3-4-11(7-10(9)2)15(20)17-14-12-5-6-16-8-13(12)18-19-14/h3-4,7,16H,5-6,8H2,1-2H3,(H2,17,18,19,20). The van der Waals surface area contributed by atoms with Gasteiger partial charge in [0.2, 0.25) is 0 Å². The van der Waals surface area contributed by atoms with Gasteiger partial charge in [-0.05, 0) is 50.1 Å². The van der Waals surface area contributed by atoms with Crippen molar-refractivity contribution in [3.8, 4) is 0 Å². The molecule has 0 saturated carbocycles. The molecule has 0 saturated heterocycles. The van der Waals surface area contributed by atoms with Crippen LogP contribution >= 0.6 is 0 Å². The maximum absolute atomic E-state index is 12.3. The number of aromatic amines is 1. The van der Waals surface area contributed by atoms with E-state index in [1.807, 2.05) is 32.0 Å². The zero-order valence-corrected chi connectivity index (χ0v) is 11.7. The lowest BCUT2D eigenvalue weighted by atomic mass is 10.1. The highest BCUT2D eigenvalue weighted by atomic mass is 16.1. The Morgan fingerprint density at radius 1 is 1.30 bits per heavy atom. The first-order valence-corrected chi connectivity index (χ1v) is 6.80. The van der Waals surface area contributed by atoms with Crippen LogP contribution in [0.4, 0.5) is 5.82 Å². The molecule has 1 aromatic carbocycles. The van der Waals surface area contributed by atoms with Gasteiger partial charge in [0.05, 0.1) is 5.69 Å². The van der Waals surface area contributed by atoms with Crippen LogP contribution < -0.4 is 10.6 Å². The average Bonchev–Trinajstić information content (AvgIpc) is 2.85. The Morgan fingerprint density at radius 3 is 2.95 bits per heavy atom. The second kappa shape index (κ2) is 5.09. The summed E-state index contributed by atoms with van der Waals surface area (Å²) in [4.78, 5) is 12.3. The van der Waals surface area contributed by atoms with E-state index in [9.17, 15) is 4.79 Å². The normalized spacial score (nSPS) is 13.9. The lowest BCUT2D eigenvalue weighted by molar-refractivity contribution is 0.102. The predicted molar refractivity (Wildman–Crippen MR) is 77.9 cm³/mol. The van der Waals surface area contributed by atoms with Gasteiger partial charge in [0, 0.05) is 17.7 Å². The first-order chi connectivity index (χ1) is 9.65. The third kappa shape index (κ3) is 2.32. The molecule has 5 nitrogen and oxygen atoms in total. The quantitative estimate of drug-likeness (QED) is 0.781. The lowest BCUT2D eigenvalue weighted by Crippen LogP contribution is -2.24. The van der Waals surface area contributed by atoms with Crippen LogP contribution in [-0.4, -0.2) is 22.6 Å². The fourth-order valence-electron chi connectivity index (χ4n) is 2.41. The SMILES string of the molecule is Cc1ccc(C(=O)Nc2n[nH]c3c2CCNC3)cc1C. The highest BCUT2D eigenvalue weighted by molar-refractivity contribution is 6.04. The smallest absolute Gasteiger partial charge is 0.256 e. The Balaban J connectivity index is 1.82. The second-order valence-electron chi connectivity index (χ2n) is 5.21. The molecular formula is C15H18N4O. The average molecular weight is 270 g/mol. The van der Waals surface area contributed by atoms with Crippen molar-refractivity contribution in [2.24, 2.45) is 0 Å². The van der Waals surface area contributed by atoms with E-state index in [0.717, 1.165) is 36.3 Å². The molecule has 1 amide bonds. The van der Waals surface area contributed by atoms with Gasteiger partial charge in [-0.1, -0.05) is 6.07 Å². The fraction of sp³-hybridized carbons (Fsp3) is 0.333. The van der Waals surface area contributed by atoms with Gasteiger partial charge in [0.25, 0.3) is 5.91 Å². The van der Waals surface area contributed by atoms with Crippen molar-refractivity contribution in [1.82, 2.24) is 15.5 Å². The molecular weight excluding hydrogens is 252 g/mol. The Bertz CT molecular complexity index is 660. The number of carbonyl (C=O) groups excluding carboxylic acids is 1. The van der Waals surface area contributed by atoms with Crippen LogP contribution in [0.3, 0.4) is 0 Å². The summed E-state index contributed by atoms with van der Waals surface area (Å²) < 4.78 is 0. The van der Waals surface area contributed by atoms with Crippen molar-refractivity contribution < 1.29 is 4.79 Å². The van der Waals surface area contributed by atoms with E-state index >= 15 is 0 Å². The summed E-state index contributed by atoms with van der Waals surface area (Å²) >= 11 is 0. The topological polar surface area (TPSA) is 69.8 Å². The molecule has 0 fully saturated rings. The molecule has 20 heavy (non-hydrogen) atoms. The third-order valence-electron chi connectivity index (χ3n) is 3.81. The highest BCUT2D eigenvalue weighted by Crippen LogP contribution is 2.20. The number of aromatic nitrogens is 2. The van der Waals surface area contributed by atoms with E-state index < -0.39 is 0 Å². The molecule has 0 bridgehead atoms. The van der Waals surface area contributed by atoms with Crippen molar-refractivity contribution in [3.63, 3.8) is 0 Å². The van der Waals surface area contributed by atoms with E-state index in [2.05, 4.69) is 20.8 Å². The molecule has 0 radical (unpaired) electrons. The van der Waals surface area contributed by atoms with Crippen molar-refractivity contribution in [2.45, 2.75) is 26.8 Å². The van der Waals surface area contributed by atoms with E-state index in [4.69, 9.17) is 0 Å². The number of amides is 1. The summed E-state index contributed by atoms with van der Waals surface area (Å²) in [5, 5.41) is 13.4. The number of anilines is 1. The van der Waals surface area contributed by atoms with Crippen LogP contribution in [0.25, 0.3) is 0 Å². The van der Waals surface area contributed by atoms with Gasteiger partial charge in [-0.15, -0.1) is 0 Å². The molecule has 1 aliphatic heterocycles. The van der Waals surface area contributed by atoms with Gasteiger partial charge in [0.1, 0.15) is 0 Å². The number of carbonyl (C=O) groups is 1. The second-order valence-corrected chi connectivity index (χ2v) is 5.21. The maximum atomic E-state index is 12.3. The molecule has 0 atom stereocenters. The number of fused-ring (bicyclic) bond motifs is 1. The first-order valence-electron chi connectivity index (χ1n) is 6.80. The lowest BCUT2D eigenvalue weighted by Gasteiger charge is -2.13. The van der Waals surface area contributed by atoms with Gasteiger partial charge in [0.15, 0.2) is 5.82 Å². The number of hydrogen-bond donors (Lipinski definition) is 3. The molecule has 5 heteroatoms. The Morgan fingerprint density at radius 2 is 2.15 bits per heavy atom. The summed E-state index contributed by atoms with van der Waals surface area (Å²) in [5.41, 5.74) is 5.14. The van der Waals surface area contributed by atoms with Gasteiger partial charge in [-0.3, -0.25) is 9.89 Å². The van der Waals surface area contributed by atoms with Crippen LogP contribution in [0, 0.1) is 13.8 Å². The minimum absolute atomic E-state index is 0.110. The van der Waals surface area contributed by atoms with Crippen molar-refractivity contribution in [1.29, 1.82) is 0 Å². The minimum atomic E-state index is -0.110. The number of nitrogens with one attached hydrogen (secondary N) is 3. The number of nitrogens with zero attached hydrogens (tertiary/aromatic N) is 1. The summed E-state index contributed by atoms with van der Waals surface area (Å²) in [6.07, 6.45) is 0.883. The van der Waals surface area contributed by atoms with E-state index in [-0.39, 0.29) is 5.91 Å².